The third-order valence-electron chi connectivity index (χ3n) is 1.55. The molecule has 13 heavy (non-hydrogen) atoms. The summed E-state index contributed by atoms with van der Waals surface area (Å²) in [6, 6.07) is 3.78. The van der Waals surface area contributed by atoms with Gasteiger partial charge in [-0.25, -0.2) is 0 Å². The molecule has 0 aliphatic heterocycles. The molecule has 0 spiro atoms. The van der Waals surface area contributed by atoms with Crippen LogP contribution in [-0.4, -0.2) is 25.4 Å². The first-order valence-electron chi connectivity index (χ1n) is 3.79. The van der Waals surface area contributed by atoms with E-state index in [1.165, 1.54) is 6.33 Å². The van der Waals surface area contributed by atoms with Crippen molar-refractivity contribution < 1.29 is 0 Å². The summed E-state index contributed by atoms with van der Waals surface area (Å²) in [5.74, 6) is 0.447. The molecule has 2 aromatic heterocycles. The predicted octanol–water partition coefficient (Wildman–Crippen LogP) is 0.637. The van der Waals surface area contributed by atoms with Gasteiger partial charge in [-0.2, -0.15) is 0 Å². The van der Waals surface area contributed by atoms with Gasteiger partial charge in [-0.15, -0.1) is 20.4 Å². The number of aromatic nitrogens is 5. The Labute approximate surface area is 74.9 Å². The van der Waals surface area contributed by atoms with Gasteiger partial charge in [-0.1, -0.05) is 6.07 Å². The molecule has 2 rings (SSSR count). The van der Waals surface area contributed by atoms with E-state index >= 15 is 0 Å². The van der Waals surface area contributed by atoms with Crippen LogP contribution in [0.25, 0.3) is 11.5 Å². The molecule has 5 heteroatoms. The zero-order valence-electron chi connectivity index (χ0n) is 7.05. The standard InChI is InChI=1S/C8H7N5/c1-6-2-3-7(9-4-6)8-12-10-5-11-13-8/h2-5H,1H3. The number of rotatable bonds is 1. The fourth-order valence-electron chi connectivity index (χ4n) is 0.907. The molecule has 0 saturated heterocycles. The van der Waals surface area contributed by atoms with Gasteiger partial charge in [0, 0.05) is 6.20 Å². The molecule has 0 aliphatic rings. The smallest absolute Gasteiger partial charge is 0.221 e. The minimum Gasteiger partial charge on any atom is -0.252 e. The van der Waals surface area contributed by atoms with E-state index in [1.54, 1.807) is 6.20 Å². The quantitative estimate of drug-likeness (QED) is 0.633. The summed E-state index contributed by atoms with van der Waals surface area (Å²) in [5, 5.41) is 14.8. The predicted molar refractivity (Wildman–Crippen MR) is 45.6 cm³/mol. The summed E-state index contributed by atoms with van der Waals surface area (Å²) in [7, 11) is 0. The molecule has 0 aliphatic carbocycles. The van der Waals surface area contributed by atoms with Crippen LogP contribution in [0, 0.1) is 6.92 Å². The molecular weight excluding hydrogens is 166 g/mol. The third-order valence-corrected chi connectivity index (χ3v) is 1.55. The van der Waals surface area contributed by atoms with E-state index < -0.39 is 0 Å². The Bertz CT molecular complexity index is 383. The van der Waals surface area contributed by atoms with Crippen LogP contribution in [0.3, 0.4) is 0 Å². The molecule has 0 aromatic carbocycles. The van der Waals surface area contributed by atoms with Crippen molar-refractivity contribution in [3.05, 3.63) is 30.2 Å². The second kappa shape index (κ2) is 3.22. The molecule has 0 unspecified atom stereocenters. The lowest BCUT2D eigenvalue weighted by Crippen LogP contribution is -1.95. The lowest BCUT2D eigenvalue weighted by molar-refractivity contribution is 0.859. The minimum atomic E-state index is 0.447. The van der Waals surface area contributed by atoms with Crippen molar-refractivity contribution in [2.45, 2.75) is 6.92 Å². The van der Waals surface area contributed by atoms with Gasteiger partial charge in [0.15, 0.2) is 6.33 Å². The molecule has 0 bridgehead atoms. The highest BCUT2D eigenvalue weighted by Gasteiger charge is 2.01. The second-order valence-corrected chi connectivity index (χ2v) is 2.59. The fraction of sp³-hybridized carbons (Fsp3) is 0.125. The second-order valence-electron chi connectivity index (χ2n) is 2.59. The van der Waals surface area contributed by atoms with E-state index in [0.717, 1.165) is 5.56 Å². The Morgan fingerprint density at radius 1 is 1.08 bits per heavy atom. The highest BCUT2D eigenvalue weighted by atomic mass is 15.3. The van der Waals surface area contributed by atoms with Crippen LogP contribution in [0.2, 0.25) is 0 Å². The molecule has 2 heterocycles. The lowest BCUT2D eigenvalue weighted by atomic mass is 10.3. The van der Waals surface area contributed by atoms with Crippen LogP contribution in [-0.2, 0) is 0 Å². The molecule has 0 N–H and O–H groups in total. The van der Waals surface area contributed by atoms with Crippen molar-refractivity contribution in [2.24, 2.45) is 0 Å². The average molecular weight is 173 g/mol. The summed E-state index contributed by atoms with van der Waals surface area (Å²) in [6.45, 7) is 1.97. The molecule has 64 valence electrons. The lowest BCUT2D eigenvalue weighted by Gasteiger charge is -1.95. The summed E-state index contributed by atoms with van der Waals surface area (Å²) < 4.78 is 0. The molecule has 0 atom stereocenters. The Balaban J connectivity index is 2.42. The van der Waals surface area contributed by atoms with Crippen LogP contribution in [0.4, 0.5) is 0 Å². The Morgan fingerprint density at radius 3 is 2.46 bits per heavy atom. The molecule has 2 aromatic rings. The average Bonchev–Trinajstić information content (AvgIpc) is 2.20. The van der Waals surface area contributed by atoms with Gasteiger partial charge in [0.2, 0.25) is 5.82 Å². The van der Waals surface area contributed by atoms with Gasteiger partial charge in [0.1, 0.15) is 5.69 Å². The van der Waals surface area contributed by atoms with Crippen LogP contribution < -0.4 is 0 Å². The maximum atomic E-state index is 4.14. The van der Waals surface area contributed by atoms with Crippen molar-refractivity contribution in [1.82, 2.24) is 25.4 Å². The van der Waals surface area contributed by atoms with Crippen molar-refractivity contribution in [3.63, 3.8) is 0 Å². The van der Waals surface area contributed by atoms with Crippen molar-refractivity contribution in [1.29, 1.82) is 0 Å². The van der Waals surface area contributed by atoms with Crippen LogP contribution in [0.5, 0.6) is 0 Å². The van der Waals surface area contributed by atoms with Crippen LogP contribution in [0.15, 0.2) is 24.7 Å². The zero-order valence-corrected chi connectivity index (χ0v) is 7.05. The summed E-state index contributed by atoms with van der Waals surface area (Å²) in [5.41, 5.74) is 1.78. The normalized spacial score (nSPS) is 9.92. The van der Waals surface area contributed by atoms with Crippen molar-refractivity contribution in [2.75, 3.05) is 0 Å². The van der Waals surface area contributed by atoms with E-state index in [4.69, 9.17) is 0 Å². The monoisotopic (exact) mass is 173 g/mol. The first kappa shape index (κ1) is 7.72. The van der Waals surface area contributed by atoms with Gasteiger partial charge in [0.05, 0.1) is 0 Å². The minimum absolute atomic E-state index is 0.447. The molecule has 0 saturated carbocycles. The Kier molecular flexibility index (Phi) is 1.91. The van der Waals surface area contributed by atoms with E-state index in [0.29, 0.717) is 11.5 Å². The van der Waals surface area contributed by atoms with Gasteiger partial charge >= 0.3 is 0 Å². The summed E-state index contributed by atoms with van der Waals surface area (Å²) >= 11 is 0. The number of hydrogen-bond acceptors (Lipinski definition) is 5. The van der Waals surface area contributed by atoms with Crippen LogP contribution in [0.1, 0.15) is 5.56 Å². The first-order valence-corrected chi connectivity index (χ1v) is 3.79. The highest BCUT2D eigenvalue weighted by molar-refractivity contribution is 5.46. The molecule has 0 radical (unpaired) electrons. The van der Waals surface area contributed by atoms with Crippen molar-refractivity contribution in [3.8, 4) is 11.5 Å². The number of aryl methyl sites for hydroxylation is 1. The SMILES string of the molecule is Cc1ccc(-c2nncnn2)nc1. The summed E-state index contributed by atoms with van der Waals surface area (Å²) in [4.78, 5) is 4.14. The number of pyridine rings is 1. The molecule has 0 amide bonds. The molecule has 0 fully saturated rings. The van der Waals surface area contributed by atoms with E-state index in [-0.39, 0.29) is 0 Å². The van der Waals surface area contributed by atoms with Gasteiger partial charge in [-0.05, 0) is 18.6 Å². The maximum Gasteiger partial charge on any atom is 0.221 e. The zero-order chi connectivity index (χ0) is 9.10. The largest absolute Gasteiger partial charge is 0.252 e. The topological polar surface area (TPSA) is 64.5 Å². The maximum absolute atomic E-state index is 4.14. The fourth-order valence-corrected chi connectivity index (χ4v) is 0.907. The van der Waals surface area contributed by atoms with E-state index in [1.807, 2.05) is 19.1 Å². The molecular formula is C8H7N5. The van der Waals surface area contributed by atoms with Gasteiger partial charge < -0.3 is 0 Å². The Morgan fingerprint density at radius 2 is 1.85 bits per heavy atom. The van der Waals surface area contributed by atoms with Gasteiger partial charge in [-0.3, -0.25) is 4.98 Å². The third kappa shape index (κ3) is 1.64. The molecule has 5 nitrogen and oxygen atoms in total. The van der Waals surface area contributed by atoms with Crippen LogP contribution >= 0.6 is 0 Å². The Hall–Kier alpha value is -1.91. The van der Waals surface area contributed by atoms with Crippen molar-refractivity contribution >= 4 is 0 Å². The summed E-state index contributed by atoms with van der Waals surface area (Å²) in [6.07, 6.45) is 3.05. The first-order chi connectivity index (χ1) is 6.36. The van der Waals surface area contributed by atoms with Gasteiger partial charge in [0.25, 0.3) is 0 Å². The number of hydrogen-bond donors (Lipinski definition) is 0. The highest BCUT2D eigenvalue weighted by Crippen LogP contribution is 2.08. The van der Waals surface area contributed by atoms with E-state index in [9.17, 15) is 0 Å². The number of nitrogens with zero attached hydrogens (tertiary/aromatic N) is 5. The van der Waals surface area contributed by atoms with E-state index in [2.05, 4.69) is 25.4 Å².